The molecule has 0 aliphatic heterocycles. The maximum absolute atomic E-state index is 13.3. The first-order valence-electron chi connectivity index (χ1n) is 29.0. The van der Waals surface area contributed by atoms with Crippen molar-refractivity contribution in [2.75, 3.05) is 43.3 Å². The Morgan fingerprint density at radius 1 is 0.576 bits per heavy atom. The molecule has 12 aromatic rings. The average Bonchev–Trinajstić information content (AvgIpc) is 1.78. The summed E-state index contributed by atoms with van der Waals surface area (Å²) in [4.78, 5) is 57.8. The molecule has 508 valence electrons. The SMILES string of the molecule is CC(C(=O)Nc1ccc(S(=O)(=O)Nc2nccs2)cc1)n1cc(CC#N)c2ccccc21.Cc1cc(OCC(=O)Nc2ccc(S(=O)(=O)Nc3nccs3)cc2)c2cccc(C(F)(F)F)c2n1.Cc1cc(OCC(=O)Nc2ccc(S(=O)(=O)Nc3nccs3)cc2)c2cccc(Cl)c2n1. The molecule has 0 saturated carbocycles. The van der Waals surface area contributed by atoms with Crippen molar-refractivity contribution >= 4 is 159 Å². The van der Waals surface area contributed by atoms with Crippen molar-refractivity contribution in [3.63, 3.8) is 0 Å². The molecule has 1 unspecified atom stereocenters. The summed E-state index contributed by atoms with van der Waals surface area (Å²) in [6.45, 7) is 4.39. The number of para-hydroxylation sites is 3. The van der Waals surface area contributed by atoms with Gasteiger partial charge in [-0.1, -0.05) is 41.9 Å². The molecule has 0 spiro atoms. The number of thiazole rings is 3. The Morgan fingerprint density at radius 2 is 0.990 bits per heavy atom. The Kier molecular flexibility index (Phi) is 22.2. The summed E-state index contributed by atoms with van der Waals surface area (Å²) in [6, 6.07) is 38.5. The molecule has 0 aliphatic carbocycles. The van der Waals surface area contributed by atoms with Crippen molar-refractivity contribution in [3.8, 4) is 17.6 Å². The van der Waals surface area contributed by atoms with Gasteiger partial charge in [-0.05, 0) is 129 Å². The van der Waals surface area contributed by atoms with E-state index in [2.05, 4.69) is 61.1 Å². The number of sulfonamides is 3. The van der Waals surface area contributed by atoms with Crippen LogP contribution in [0.15, 0.2) is 201 Å². The minimum absolute atomic E-state index is 0.0267. The number of alkyl halides is 3. The zero-order chi connectivity index (χ0) is 70.7. The fourth-order valence-electron chi connectivity index (χ4n) is 9.48. The smallest absolute Gasteiger partial charge is 0.418 e. The molecule has 0 radical (unpaired) electrons. The highest BCUT2D eigenvalue weighted by Crippen LogP contribution is 2.38. The summed E-state index contributed by atoms with van der Waals surface area (Å²) >= 11 is 9.70. The summed E-state index contributed by atoms with van der Waals surface area (Å²) in [5.74, 6) is -0.656. The summed E-state index contributed by atoms with van der Waals surface area (Å²) in [7, 11) is -11.4. The molecule has 3 amide bonds. The van der Waals surface area contributed by atoms with Crippen LogP contribution >= 0.6 is 45.6 Å². The monoisotopic (exact) mass is 1480 g/mol. The molecule has 0 bridgehead atoms. The van der Waals surface area contributed by atoms with Gasteiger partial charge in [-0.3, -0.25) is 38.5 Å². The molecule has 0 fully saturated rings. The van der Waals surface area contributed by atoms with Crippen molar-refractivity contribution < 1.29 is 62.3 Å². The number of carbonyl (C=O) groups excluding carboxylic acids is 3. The number of pyridine rings is 2. The normalized spacial score (nSPS) is 11.8. The Morgan fingerprint density at radius 3 is 1.42 bits per heavy atom. The van der Waals surface area contributed by atoms with Gasteiger partial charge in [0.1, 0.15) is 17.5 Å². The third kappa shape index (κ3) is 18.2. The highest BCUT2D eigenvalue weighted by atomic mass is 35.5. The molecule has 6 heterocycles. The topological polar surface area (TPSA) is 337 Å². The number of nitrogens with zero attached hydrogens (tertiary/aromatic N) is 7. The molecular formula is C65H53ClF3N13O11S6. The van der Waals surface area contributed by atoms with E-state index in [0.717, 1.165) is 33.9 Å². The van der Waals surface area contributed by atoms with E-state index in [0.29, 0.717) is 50.1 Å². The van der Waals surface area contributed by atoms with Crippen molar-refractivity contribution in [1.82, 2.24) is 29.5 Å². The standard InChI is InChI=1S/C22H17F3N4O4S2.C22H19N5O3S2.C21H17ClN4O4S2/c1-13-11-18(16-3-2-4-17(20(16)27-13)22(23,24)25)33-12-19(30)28-14-5-7-15(8-6-14)35(31,32)29-21-26-9-10-34-21;1-15(27-14-16(10-11-23)19-4-2-3-5-20(19)27)21(28)25-17-6-8-18(9-7-17)32(29,30)26-22-24-12-13-31-22;1-13-11-18(16-3-2-4-17(22)20(16)24-13)30-12-19(27)25-14-5-7-15(8-6-14)32(28,29)26-21-23-9-10-31-21/h2-11H,12H2,1H3,(H,26,29)(H,28,30);2-9,12-15H,10H2,1H3,(H,24,26)(H,25,28);2-11H,12H2,1H3,(H,23,26)(H,25,27). The van der Waals surface area contributed by atoms with Gasteiger partial charge in [-0.25, -0.2) is 40.2 Å². The number of amides is 3. The second kappa shape index (κ2) is 30.9. The van der Waals surface area contributed by atoms with Crippen molar-refractivity contribution in [1.29, 1.82) is 5.26 Å². The highest BCUT2D eigenvalue weighted by molar-refractivity contribution is 7.93. The second-order valence-electron chi connectivity index (χ2n) is 21.0. The van der Waals surface area contributed by atoms with Crippen molar-refractivity contribution in [2.24, 2.45) is 0 Å². The van der Waals surface area contributed by atoms with Gasteiger partial charge < -0.3 is 30.0 Å². The Balaban J connectivity index is 0.000000161. The number of benzene rings is 6. The van der Waals surface area contributed by atoms with Gasteiger partial charge in [0.05, 0.1) is 48.8 Å². The van der Waals surface area contributed by atoms with Crippen LogP contribution in [-0.4, -0.2) is 85.7 Å². The number of hydrogen-bond donors (Lipinski definition) is 6. The van der Waals surface area contributed by atoms with Crippen LogP contribution in [0.3, 0.4) is 0 Å². The summed E-state index contributed by atoms with van der Waals surface area (Å²) in [6.07, 6.45) is 1.98. The van der Waals surface area contributed by atoms with Crippen LogP contribution in [0, 0.1) is 25.2 Å². The maximum Gasteiger partial charge on any atom is 0.418 e. The third-order valence-electron chi connectivity index (χ3n) is 14.0. The van der Waals surface area contributed by atoms with Gasteiger partial charge in [0.15, 0.2) is 28.6 Å². The minimum Gasteiger partial charge on any atom is -0.483 e. The number of halogens is 4. The number of ether oxygens (including phenoxy) is 2. The molecular weight excluding hydrogens is 1420 g/mol. The quantitative estimate of drug-likeness (QED) is 0.0389. The number of anilines is 6. The second-order valence-corrected chi connectivity index (χ2v) is 29.2. The molecule has 0 aliphatic rings. The number of aromatic nitrogens is 6. The van der Waals surface area contributed by atoms with E-state index >= 15 is 0 Å². The van der Waals surface area contributed by atoms with Crippen LogP contribution in [0.25, 0.3) is 32.7 Å². The predicted molar refractivity (Wildman–Crippen MR) is 374 cm³/mol. The maximum atomic E-state index is 13.3. The molecule has 6 aromatic carbocycles. The van der Waals surface area contributed by atoms with Gasteiger partial charge in [0.25, 0.3) is 41.9 Å². The van der Waals surface area contributed by atoms with Gasteiger partial charge in [-0.15, -0.1) is 34.0 Å². The first kappa shape index (κ1) is 71.2. The number of nitriles is 1. The molecule has 1 atom stereocenters. The van der Waals surface area contributed by atoms with Crippen molar-refractivity contribution in [2.45, 2.75) is 54.1 Å². The highest BCUT2D eigenvalue weighted by Gasteiger charge is 2.34. The fourth-order valence-corrected chi connectivity index (χ4v) is 15.1. The van der Waals surface area contributed by atoms with Gasteiger partial charge in [0, 0.05) is 103 Å². The molecule has 99 heavy (non-hydrogen) atoms. The molecule has 0 saturated heterocycles. The number of rotatable bonds is 21. The number of carbonyl (C=O) groups is 3. The third-order valence-corrected chi connectivity index (χ3v) is 20.8. The first-order valence-corrected chi connectivity index (χ1v) is 36.4. The Hall–Kier alpha value is -10.6. The van der Waals surface area contributed by atoms with E-state index in [1.165, 1.54) is 139 Å². The average molecular weight is 1480 g/mol. The molecule has 6 aromatic heterocycles. The molecule has 6 N–H and O–H groups in total. The van der Waals surface area contributed by atoms with E-state index in [9.17, 15) is 52.8 Å². The predicted octanol–water partition coefficient (Wildman–Crippen LogP) is 13.5. The molecule has 34 heteroatoms. The lowest BCUT2D eigenvalue weighted by atomic mass is 10.1. The number of nitrogens with one attached hydrogen (secondary N) is 6. The van der Waals surface area contributed by atoms with E-state index in [1.54, 1.807) is 41.3 Å². The number of hydrogen-bond acceptors (Lipinski definition) is 20. The Bertz CT molecular complexity index is 5310. The van der Waals surface area contributed by atoms with Crippen molar-refractivity contribution in [3.05, 3.63) is 214 Å². The van der Waals surface area contributed by atoms with Crippen LogP contribution in [0.4, 0.5) is 45.6 Å². The number of aryl methyl sites for hydroxylation is 2. The molecule has 24 nitrogen and oxygen atoms in total. The summed E-state index contributed by atoms with van der Waals surface area (Å²) in [5, 5.41) is 25.2. The van der Waals surface area contributed by atoms with Crippen LogP contribution in [0.1, 0.15) is 35.5 Å². The zero-order valence-corrected chi connectivity index (χ0v) is 57.3. The number of fused-ring (bicyclic) bond motifs is 3. The largest absolute Gasteiger partial charge is 0.483 e. The fraction of sp³-hybridized carbons (Fsp3) is 0.123. The van der Waals surface area contributed by atoms with Crippen LogP contribution in [0.2, 0.25) is 5.02 Å². The van der Waals surface area contributed by atoms with Gasteiger partial charge in [0.2, 0.25) is 5.91 Å². The van der Waals surface area contributed by atoms with E-state index in [4.69, 9.17) is 26.3 Å². The van der Waals surface area contributed by atoms with E-state index in [1.807, 2.05) is 48.0 Å². The lowest BCUT2D eigenvalue weighted by molar-refractivity contribution is -0.136. The summed E-state index contributed by atoms with van der Waals surface area (Å²) in [5.41, 5.74) is 3.41. The Labute approximate surface area is 580 Å². The van der Waals surface area contributed by atoms with Crippen LogP contribution in [0.5, 0.6) is 11.5 Å². The van der Waals surface area contributed by atoms with Crippen LogP contribution < -0.4 is 39.6 Å². The first-order chi connectivity index (χ1) is 47.2. The lowest BCUT2D eigenvalue weighted by Gasteiger charge is -2.15. The minimum atomic E-state index is -4.59. The van der Waals surface area contributed by atoms with E-state index < -0.39 is 66.3 Å². The lowest BCUT2D eigenvalue weighted by Crippen LogP contribution is -2.23. The van der Waals surface area contributed by atoms with E-state index in [-0.39, 0.29) is 65.7 Å². The zero-order valence-electron chi connectivity index (χ0n) is 51.7. The molecule has 12 rings (SSSR count). The van der Waals surface area contributed by atoms with Gasteiger partial charge >= 0.3 is 6.18 Å². The van der Waals surface area contributed by atoms with Gasteiger partial charge in [-0.2, -0.15) is 18.4 Å². The van der Waals surface area contributed by atoms with Crippen LogP contribution in [-0.2, 0) is 57.1 Å². The summed E-state index contributed by atoms with van der Waals surface area (Å²) < 4.78 is 135.